The standard InChI is InChI=1S/C11H11BrO2S/c1-2-8-7(5-6-14-8)11(13)9-3-4-10(12)15-9/h3-6,11,13H,2H2,1H3. The lowest BCUT2D eigenvalue weighted by Gasteiger charge is -2.07. The van der Waals surface area contributed by atoms with Crippen LogP contribution < -0.4 is 0 Å². The summed E-state index contributed by atoms with van der Waals surface area (Å²) in [6, 6.07) is 5.69. The maximum Gasteiger partial charge on any atom is 0.117 e. The SMILES string of the molecule is CCc1occc1C(O)c1ccc(Br)s1. The summed E-state index contributed by atoms with van der Waals surface area (Å²) in [4.78, 5) is 0.929. The van der Waals surface area contributed by atoms with Crippen LogP contribution in [0.4, 0.5) is 0 Å². The van der Waals surface area contributed by atoms with E-state index in [0.717, 1.165) is 26.4 Å². The van der Waals surface area contributed by atoms with Crippen LogP contribution in [-0.4, -0.2) is 5.11 Å². The first kappa shape index (κ1) is 10.9. The van der Waals surface area contributed by atoms with Gasteiger partial charge in [0.1, 0.15) is 11.9 Å². The molecule has 2 aromatic rings. The molecule has 2 nitrogen and oxygen atoms in total. The van der Waals surface area contributed by atoms with Crippen LogP contribution in [0.2, 0.25) is 0 Å². The lowest BCUT2D eigenvalue weighted by Crippen LogP contribution is -1.98. The number of furan rings is 1. The minimum Gasteiger partial charge on any atom is -0.469 e. The maximum absolute atomic E-state index is 10.1. The summed E-state index contributed by atoms with van der Waals surface area (Å²) in [7, 11) is 0. The van der Waals surface area contributed by atoms with Crippen molar-refractivity contribution in [3.8, 4) is 0 Å². The van der Waals surface area contributed by atoms with Gasteiger partial charge in [-0.05, 0) is 34.1 Å². The van der Waals surface area contributed by atoms with Crippen LogP contribution in [0.5, 0.6) is 0 Å². The molecule has 2 aromatic heterocycles. The van der Waals surface area contributed by atoms with Gasteiger partial charge < -0.3 is 9.52 Å². The number of aliphatic hydroxyl groups is 1. The summed E-state index contributed by atoms with van der Waals surface area (Å²) >= 11 is 4.92. The Morgan fingerprint density at radius 2 is 2.27 bits per heavy atom. The van der Waals surface area contributed by atoms with E-state index in [1.807, 2.05) is 25.1 Å². The average Bonchev–Trinajstić information content (AvgIpc) is 2.84. The fourth-order valence-corrected chi connectivity index (χ4v) is 2.94. The van der Waals surface area contributed by atoms with Gasteiger partial charge in [0.15, 0.2) is 0 Å². The second-order valence-corrected chi connectivity index (χ2v) is 5.69. The molecule has 0 radical (unpaired) electrons. The molecule has 80 valence electrons. The van der Waals surface area contributed by atoms with Gasteiger partial charge in [-0.15, -0.1) is 11.3 Å². The summed E-state index contributed by atoms with van der Waals surface area (Å²) in [6.07, 6.45) is 1.85. The smallest absolute Gasteiger partial charge is 0.117 e. The van der Waals surface area contributed by atoms with Gasteiger partial charge in [-0.25, -0.2) is 0 Å². The first-order chi connectivity index (χ1) is 7.22. The summed E-state index contributed by atoms with van der Waals surface area (Å²) in [5, 5.41) is 10.1. The molecule has 1 atom stereocenters. The van der Waals surface area contributed by atoms with Crippen LogP contribution in [0.25, 0.3) is 0 Å². The summed E-state index contributed by atoms with van der Waals surface area (Å²) in [5.74, 6) is 0.854. The zero-order chi connectivity index (χ0) is 10.8. The summed E-state index contributed by atoms with van der Waals surface area (Å²) in [5.41, 5.74) is 0.867. The van der Waals surface area contributed by atoms with Crippen molar-refractivity contribution < 1.29 is 9.52 Å². The molecule has 0 spiro atoms. The Balaban J connectivity index is 2.31. The third kappa shape index (κ3) is 2.17. The molecule has 0 fully saturated rings. The molecule has 0 aliphatic carbocycles. The molecule has 2 heterocycles. The van der Waals surface area contributed by atoms with Crippen molar-refractivity contribution in [3.63, 3.8) is 0 Å². The van der Waals surface area contributed by atoms with Crippen molar-refractivity contribution in [1.82, 2.24) is 0 Å². The Morgan fingerprint density at radius 1 is 1.47 bits per heavy atom. The van der Waals surface area contributed by atoms with Crippen LogP contribution in [0.15, 0.2) is 32.7 Å². The molecule has 0 saturated heterocycles. The van der Waals surface area contributed by atoms with Gasteiger partial charge in [-0.2, -0.15) is 0 Å². The molecule has 15 heavy (non-hydrogen) atoms. The van der Waals surface area contributed by atoms with Gasteiger partial charge in [-0.1, -0.05) is 6.92 Å². The summed E-state index contributed by atoms with van der Waals surface area (Å²) < 4.78 is 6.32. The van der Waals surface area contributed by atoms with Crippen LogP contribution in [0.3, 0.4) is 0 Å². The molecule has 0 aliphatic heterocycles. The Labute approximate surface area is 101 Å². The molecule has 0 saturated carbocycles. The highest BCUT2D eigenvalue weighted by molar-refractivity contribution is 9.11. The Bertz CT molecular complexity index is 447. The highest BCUT2D eigenvalue weighted by atomic mass is 79.9. The predicted molar refractivity (Wildman–Crippen MR) is 64.2 cm³/mol. The molecule has 4 heteroatoms. The number of thiophene rings is 1. The monoisotopic (exact) mass is 286 g/mol. The quantitative estimate of drug-likeness (QED) is 0.932. The van der Waals surface area contributed by atoms with Crippen LogP contribution in [-0.2, 0) is 6.42 Å². The lowest BCUT2D eigenvalue weighted by atomic mass is 10.1. The summed E-state index contributed by atoms with van der Waals surface area (Å²) in [6.45, 7) is 2.01. The first-order valence-electron chi connectivity index (χ1n) is 4.72. The third-order valence-corrected chi connectivity index (χ3v) is 3.94. The normalized spacial score (nSPS) is 13.0. The van der Waals surface area contributed by atoms with E-state index >= 15 is 0 Å². The van der Waals surface area contributed by atoms with Gasteiger partial charge in [0, 0.05) is 16.9 Å². The molecule has 1 unspecified atom stereocenters. The number of rotatable bonds is 3. The second kappa shape index (κ2) is 4.51. The fourth-order valence-electron chi connectivity index (χ4n) is 1.51. The van der Waals surface area contributed by atoms with E-state index in [-0.39, 0.29) is 0 Å². The molecule has 1 N–H and O–H groups in total. The number of halogens is 1. The van der Waals surface area contributed by atoms with Crippen molar-refractivity contribution in [2.24, 2.45) is 0 Å². The largest absolute Gasteiger partial charge is 0.469 e. The lowest BCUT2D eigenvalue weighted by molar-refractivity contribution is 0.221. The van der Waals surface area contributed by atoms with Gasteiger partial charge in [-0.3, -0.25) is 0 Å². The van der Waals surface area contributed by atoms with E-state index in [2.05, 4.69) is 15.9 Å². The molecule has 0 aliphatic rings. The van der Waals surface area contributed by atoms with Gasteiger partial charge in [0.25, 0.3) is 0 Å². The van der Waals surface area contributed by atoms with Crippen molar-refractivity contribution in [3.05, 3.63) is 44.4 Å². The molecular formula is C11H11BrO2S. The van der Waals surface area contributed by atoms with Crippen molar-refractivity contribution in [2.45, 2.75) is 19.4 Å². The number of hydrogen-bond donors (Lipinski definition) is 1. The molecule has 0 aromatic carbocycles. The van der Waals surface area contributed by atoms with Gasteiger partial charge >= 0.3 is 0 Å². The second-order valence-electron chi connectivity index (χ2n) is 3.20. The number of aryl methyl sites for hydroxylation is 1. The van der Waals surface area contributed by atoms with Gasteiger partial charge in [0.2, 0.25) is 0 Å². The van der Waals surface area contributed by atoms with Crippen molar-refractivity contribution >= 4 is 27.3 Å². The first-order valence-corrected chi connectivity index (χ1v) is 6.33. The zero-order valence-electron chi connectivity index (χ0n) is 8.24. The van der Waals surface area contributed by atoms with Crippen LogP contribution in [0, 0.1) is 0 Å². The highest BCUT2D eigenvalue weighted by Gasteiger charge is 2.17. The number of aliphatic hydroxyl groups excluding tert-OH is 1. The molecular weight excluding hydrogens is 276 g/mol. The Hall–Kier alpha value is -0.580. The highest BCUT2D eigenvalue weighted by Crippen LogP contribution is 2.33. The maximum atomic E-state index is 10.1. The van der Waals surface area contributed by atoms with E-state index in [9.17, 15) is 5.11 Å². The minimum atomic E-state index is -0.574. The number of hydrogen-bond acceptors (Lipinski definition) is 3. The Kier molecular flexibility index (Phi) is 3.29. The molecule has 2 rings (SSSR count). The van der Waals surface area contributed by atoms with E-state index in [4.69, 9.17) is 4.42 Å². The van der Waals surface area contributed by atoms with Crippen molar-refractivity contribution in [2.75, 3.05) is 0 Å². The van der Waals surface area contributed by atoms with E-state index in [1.54, 1.807) is 6.26 Å². The minimum absolute atomic E-state index is 0.574. The molecule has 0 amide bonds. The predicted octanol–water partition coefficient (Wildman–Crippen LogP) is 3.75. The average molecular weight is 287 g/mol. The van der Waals surface area contributed by atoms with Crippen molar-refractivity contribution in [1.29, 1.82) is 0 Å². The van der Waals surface area contributed by atoms with E-state index in [1.165, 1.54) is 11.3 Å². The third-order valence-electron chi connectivity index (χ3n) is 2.26. The zero-order valence-corrected chi connectivity index (χ0v) is 10.6. The van der Waals surface area contributed by atoms with E-state index < -0.39 is 6.10 Å². The van der Waals surface area contributed by atoms with Crippen LogP contribution in [0.1, 0.15) is 29.2 Å². The van der Waals surface area contributed by atoms with Gasteiger partial charge in [0.05, 0.1) is 10.0 Å². The topological polar surface area (TPSA) is 33.4 Å². The van der Waals surface area contributed by atoms with Crippen LogP contribution >= 0.6 is 27.3 Å². The fraction of sp³-hybridized carbons (Fsp3) is 0.273. The molecule has 0 bridgehead atoms. The van der Waals surface area contributed by atoms with E-state index in [0.29, 0.717) is 0 Å². The Morgan fingerprint density at radius 3 is 2.87 bits per heavy atom.